The lowest BCUT2D eigenvalue weighted by molar-refractivity contribution is -0.0660. The maximum Gasteiger partial charge on any atom is 0.407 e. The molecule has 0 bridgehead atoms. The molecule has 3 fully saturated rings. The molecular formula is C30H33FN8O5. The Morgan fingerprint density at radius 1 is 1.11 bits per heavy atom. The minimum absolute atomic E-state index is 0.156. The zero-order chi connectivity index (χ0) is 30.6. The SMILES string of the molecule is COc1cc(Nc2ncnc(-c3ccc(OC4CCN(C(=O)O)CC4F)c(C#N)c3)n2)ccc1N1CCN(C2COC2)CC1. The van der Waals surface area contributed by atoms with E-state index in [0.717, 1.165) is 61.4 Å². The molecule has 2 atom stereocenters. The molecule has 2 aromatic carbocycles. The van der Waals surface area contributed by atoms with E-state index in [2.05, 4.69) is 36.1 Å². The van der Waals surface area contributed by atoms with Crippen molar-refractivity contribution in [2.45, 2.75) is 24.7 Å². The van der Waals surface area contributed by atoms with E-state index in [1.54, 1.807) is 25.3 Å². The third-order valence-electron chi connectivity index (χ3n) is 8.19. The molecule has 0 radical (unpaired) electrons. The van der Waals surface area contributed by atoms with Crippen LogP contribution in [0.2, 0.25) is 0 Å². The van der Waals surface area contributed by atoms with Crippen LogP contribution in [0.5, 0.6) is 11.5 Å². The Morgan fingerprint density at radius 2 is 1.93 bits per heavy atom. The quantitative estimate of drug-likeness (QED) is 0.389. The number of piperazine rings is 1. The molecule has 4 heterocycles. The summed E-state index contributed by atoms with van der Waals surface area (Å²) in [5.74, 6) is 1.60. The summed E-state index contributed by atoms with van der Waals surface area (Å²) in [6, 6.07) is 13.3. The summed E-state index contributed by atoms with van der Waals surface area (Å²) in [6.07, 6.45) is -1.97. The Hall–Kier alpha value is -4.74. The first-order chi connectivity index (χ1) is 21.4. The van der Waals surface area contributed by atoms with Crippen molar-refractivity contribution >= 4 is 23.4 Å². The van der Waals surface area contributed by atoms with Gasteiger partial charge in [-0.15, -0.1) is 0 Å². The lowest BCUT2D eigenvalue weighted by Gasteiger charge is -2.43. The molecule has 3 saturated heterocycles. The van der Waals surface area contributed by atoms with E-state index in [-0.39, 0.29) is 30.8 Å². The highest BCUT2D eigenvalue weighted by Crippen LogP contribution is 2.34. The van der Waals surface area contributed by atoms with Crippen LogP contribution in [0.4, 0.5) is 26.5 Å². The van der Waals surface area contributed by atoms with Gasteiger partial charge in [0.25, 0.3) is 0 Å². The standard InChI is InChI=1S/C30H33FN8O5/c1-42-27-13-21(3-4-24(27)38-10-8-37(9-11-38)22-16-43-17-22)35-29-34-18-33-28(36-29)19-2-5-25(20(12-19)14-32)44-26-6-7-39(30(40)41)15-23(26)31/h2-5,12-13,18,22-23,26H,6-11,15-17H2,1H3,(H,40,41)(H,33,34,35,36). The number of piperidine rings is 1. The first-order valence-electron chi connectivity index (χ1n) is 14.5. The van der Waals surface area contributed by atoms with E-state index in [9.17, 15) is 14.4 Å². The molecule has 1 aromatic heterocycles. The summed E-state index contributed by atoms with van der Waals surface area (Å²) >= 11 is 0. The molecule has 6 rings (SSSR count). The van der Waals surface area contributed by atoms with E-state index in [4.69, 9.17) is 19.3 Å². The lowest BCUT2D eigenvalue weighted by Crippen LogP contribution is -2.56. The van der Waals surface area contributed by atoms with Gasteiger partial charge in [0.2, 0.25) is 5.95 Å². The number of nitriles is 1. The first-order valence-corrected chi connectivity index (χ1v) is 14.5. The number of carboxylic acid groups (broad SMARTS) is 1. The fourth-order valence-electron chi connectivity index (χ4n) is 5.62. The molecule has 230 valence electrons. The average Bonchev–Trinajstić information content (AvgIpc) is 3.01. The number of likely N-dealkylation sites (tertiary alicyclic amines) is 1. The van der Waals surface area contributed by atoms with Crippen molar-refractivity contribution < 1.29 is 28.5 Å². The number of rotatable bonds is 8. The number of hydrogen-bond donors (Lipinski definition) is 2. The number of halogens is 1. The van der Waals surface area contributed by atoms with E-state index >= 15 is 0 Å². The number of carbonyl (C=O) groups is 1. The van der Waals surface area contributed by atoms with Gasteiger partial charge in [-0.25, -0.2) is 19.2 Å². The van der Waals surface area contributed by atoms with Gasteiger partial charge in [-0.05, 0) is 30.3 Å². The Bertz CT molecular complexity index is 1540. The number of alkyl halides is 1. The minimum Gasteiger partial charge on any atom is -0.495 e. The van der Waals surface area contributed by atoms with Crippen molar-refractivity contribution in [3.05, 3.63) is 48.3 Å². The zero-order valence-electron chi connectivity index (χ0n) is 24.2. The third kappa shape index (κ3) is 6.29. The van der Waals surface area contributed by atoms with Gasteiger partial charge in [0.05, 0.1) is 44.2 Å². The molecule has 44 heavy (non-hydrogen) atoms. The molecule has 0 aliphatic carbocycles. The molecule has 2 N–H and O–H groups in total. The summed E-state index contributed by atoms with van der Waals surface area (Å²) in [6.45, 7) is 5.29. The molecule has 0 saturated carbocycles. The number of nitrogens with zero attached hydrogens (tertiary/aromatic N) is 7. The highest BCUT2D eigenvalue weighted by molar-refractivity contribution is 5.68. The van der Waals surface area contributed by atoms with Crippen LogP contribution >= 0.6 is 0 Å². The summed E-state index contributed by atoms with van der Waals surface area (Å²) in [5.41, 5.74) is 2.51. The van der Waals surface area contributed by atoms with Crippen molar-refractivity contribution in [1.82, 2.24) is 24.8 Å². The summed E-state index contributed by atoms with van der Waals surface area (Å²) in [5, 5.41) is 22.1. The van der Waals surface area contributed by atoms with Crippen LogP contribution in [-0.2, 0) is 4.74 Å². The Labute approximate surface area is 253 Å². The fourth-order valence-corrected chi connectivity index (χ4v) is 5.62. The zero-order valence-corrected chi connectivity index (χ0v) is 24.2. The fraction of sp³-hybridized carbons (Fsp3) is 0.433. The van der Waals surface area contributed by atoms with Crippen molar-refractivity contribution in [3.8, 4) is 29.0 Å². The normalized spacial score (nSPS) is 20.8. The number of ether oxygens (including phenoxy) is 3. The highest BCUT2D eigenvalue weighted by Gasteiger charge is 2.33. The van der Waals surface area contributed by atoms with E-state index in [1.165, 1.54) is 6.33 Å². The molecule has 3 aliphatic heterocycles. The summed E-state index contributed by atoms with van der Waals surface area (Å²) in [7, 11) is 1.65. The van der Waals surface area contributed by atoms with Crippen molar-refractivity contribution in [3.63, 3.8) is 0 Å². The number of aromatic nitrogens is 3. The number of anilines is 3. The number of benzene rings is 2. The topological polar surface area (TPSA) is 149 Å². The van der Waals surface area contributed by atoms with Gasteiger partial charge in [-0.3, -0.25) is 4.90 Å². The predicted molar refractivity (Wildman–Crippen MR) is 158 cm³/mol. The van der Waals surface area contributed by atoms with Crippen LogP contribution in [0.1, 0.15) is 12.0 Å². The maximum atomic E-state index is 14.6. The van der Waals surface area contributed by atoms with Gasteiger partial charge < -0.3 is 34.4 Å². The predicted octanol–water partition coefficient (Wildman–Crippen LogP) is 3.15. The van der Waals surface area contributed by atoms with Gasteiger partial charge >= 0.3 is 6.09 Å². The minimum atomic E-state index is -1.51. The summed E-state index contributed by atoms with van der Waals surface area (Å²) in [4.78, 5) is 30.0. The maximum absolute atomic E-state index is 14.6. The number of methoxy groups -OCH3 is 1. The molecule has 14 heteroatoms. The summed E-state index contributed by atoms with van der Waals surface area (Å²) < 4.78 is 31.5. The first kappa shape index (κ1) is 29.3. The van der Waals surface area contributed by atoms with Crippen LogP contribution in [0.3, 0.4) is 0 Å². The molecular weight excluding hydrogens is 571 g/mol. The van der Waals surface area contributed by atoms with Gasteiger partial charge in [0, 0.05) is 56.5 Å². The van der Waals surface area contributed by atoms with Crippen LogP contribution in [0, 0.1) is 11.3 Å². The molecule has 13 nitrogen and oxygen atoms in total. The van der Waals surface area contributed by atoms with Crippen LogP contribution in [-0.4, -0.2) is 114 Å². The van der Waals surface area contributed by atoms with Crippen molar-refractivity contribution in [2.75, 3.05) is 69.8 Å². The van der Waals surface area contributed by atoms with Gasteiger partial charge in [-0.2, -0.15) is 10.2 Å². The second-order valence-corrected chi connectivity index (χ2v) is 10.9. The second kappa shape index (κ2) is 12.9. The number of nitrogens with one attached hydrogen (secondary N) is 1. The van der Waals surface area contributed by atoms with Crippen LogP contribution in [0.15, 0.2) is 42.7 Å². The van der Waals surface area contributed by atoms with E-state index in [1.807, 2.05) is 18.2 Å². The average molecular weight is 605 g/mol. The number of hydrogen-bond acceptors (Lipinski definition) is 11. The van der Waals surface area contributed by atoms with Crippen LogP contribution < -0.4 is 19.7 Å². The Morgan fingerprint density at radius 3 is 2.61 bits per heavy atom. The monoisotopic (exact) mass is 604 g/mol. The molecule has 3 aliphatic rings. The molecule has 0 spiro atoms. The van der Waals surface area contributed by atoms with E-state index in [0.29, 0.717) is 23.4 Å². The Kier molecular flexibility index (Phi) is 8.58. The highest BCUT2D eigenvalue weighted by atomic mass is 19.1. The second-order valence-electron chi connectivity index (χ2n) is 10.9. The van der Waals surface area contributed by atoms with Crippen molar-refractivity contribution in [2.24, 2.45) is 0 Å². The van der Waals surface area contributed by atoms with Gasteiger partial charge in [0.15, 0.2) is 12.0 Å². The molecule has 3 aromatic rings. The van der Waals surface area contributed by atoms with Crippen molar-refractivity contribution in [1.29, 1.82) is 5.26 Å². The van der Waals surface area contributed by atoms with Gasteiger partial charge in [0.1, 0.15) is 30.0 Å². The lowest BCUT2D eigenvalue weighted by atomic mass is 10.1. The third-order valence-corrected chi connectivity index (χ3v) is 8.19. The molecule has 1 amide bonds. The molecule has 2 unspecified atom stereocenters. The Balaban J connectivity index is 1.12. The number of amides is 1. The smallest absolute Gasteiger partial charge is 0.407 e. The largest absolute Gasteiger partial charge is 0.495 e. The van der Waals surface area contributed by atoms with E-state index < -0.39 is 18.4 Å². The van der Waals surface area contributed by atoms with Gasteiger partial charge in [-0.1, -0.05) is 0 Å². The van der Waals surface area contributed by atoms with Crippen LogP contribution in [0.25, 0.3) is 11.4 Å².